The van der Waals surface area contributed by atoms with E-state index < -0.39 is 7.60 Å². The van der Waals surface area contributed by atoms with Gasteiger partial charge in [0.1, 0.15) is 16.8 Å². The largest absolute Gasteiger partial charge is 0.496 e. The zero-order chi connectivity index (χ0) is 14.2. The monoisotopic (exact) mass is 282 g/mol. The van der Waals surface area contributed by atoms with Gasteiger partial charge in [-0.2, -0.15) is 0 Å². The summed E-state index contributed by atoms with van der Waals surface area (Å²) < 4.78 is 22.2. The summed E-state index contributed by atoms with van der Waals surface area (Å²) in [7, 11) is -1.59. The highest BCUT2D eigenvalue weighted by molar-refractivity contribution is 7.60. The molecule has 102 valence electrons. The molecule has 5 nitrogen and oxygen atoms in total. The highest BCUT2D eigenvalue weighted by atomic mass is 31.2. The zero-order valence-corrected chi connectivity index (χ0v) is 11.8. The summed E-state index contributed by atoms with van der Waals surface area (Å²) in [5.41, 5.74) is 0.395. The van der Waals surface area contributed by atoms with E-state index in [2.05, 4.69) is 0 Å². The van der Waals surface area contributed by atoms with Crippen molar-refractivity contribution >= 4 is 23.7 Å². The second-order valence-electron chi connectivity index (χ2n) is 4.13. The van der Waals surface area contributed by atoms with Crippen LogP contribution in [0.4, 0.5) is 0 Å². The molecule has 6 heteroatoms. The Balaban J connectivity index is 3.04. The van der Waals surface area contributed by atoms with Crippen molar-refractivity contribution in [1.29, 1.82) is 0 Å². The molecule has 0 unspecified atom stereocenters. The topological polar surface area (TPSA) is 76.0 Å². The molecule has 2 rings (SSSR count). The molecule has 0 spiro atoms. The fraction of sp³-hybridized carbons (Fsp3) is 0.231. The Morgan fingerprint density at radius 1 is 1.00 bits per heavy atom. The molecule has 0 aliphatic carbocycles. The van der Waals surface area contributed by atoms with Gasteiger partial charge in [0, 0.05) is 16.3 Å². The SMILES string of the molecule is COc1c(C)c(P(=O)(O)O)c(OC)c2ccccc12. The molecule has 0 radical (unpaired) electrons. The fourth-order valence-corrected chi connectivity index (χ4v) is 3.32. The summed E-state index contributed by atoms with van der Waals surface area (Å²) in [6, 6.07) is 7.19. The van der Waals surface area contributed by atoms with Gasteiger partial charge < -0.3 is 19.3 Å². The van der Waals surface area contributed by atoms with Crippen molar-refractivity contribution in [3.05, 3.63) is 29.8 Å². The first-order valence-electron chi connectivity index (χ1n) is 5.61. The van der Waals surface area contributed by atoms with Crippen LogP contribution in [-0.2, 0) is 4.57 Å². The molecule has 0 aromatic heterocycles. The van der Waals surface area contributed by atoms with Gasteiger partial charge in [0.25, 0.3) is 0 Å². The van der Waals surface area contributed by atoms with Gasteiger partial charge in [-0.15, -0.1) is 0 Å². The predicted molar refractivity (Wildman–Crippen MR) is 73.5 cm³/mol. The third kappa shape index (κ3) is 2.21. The van der Waals surface area contributed by atoms with Gasteiger partial charge in [0.05, 0.1) is 14.2 Å². The summed E-state index contributed by atoms with van der Waals surface area (Å²) in [4.78, 5) is 19.1. The van der Waals surface area contributed by atoms with Crippen LogP contribution in [0.1, 0.15) is 5.56 Å². The number of benzene rings is 2. The maximum Gasteiger partial charge on any atom is 0.360 e. The molecule has 0 saturated carbocycles. The molecule has 0 amide bonds. The van der Waals surface area contributed by atoms with E-state index in [0.29, 0.717) is 16.7 Å². The second kappa shape index (κ2) is 4.85. The Labute approximate surface area is 110 Å². The molecule has 0 bridgehead atoms. The summed E-state index contributed by atoms with van der Waals surface area (Å²) >= 11 is 0. The first-order chi connectivity index (χ1) is 8.91. The second-order valence-corrected chi connectivity index (χ2v) is 5.66. The number of hydrogen-bond acceptors (Lipinski definition) is 3. The van der Waals surface area contributed by atoms with E-state index in [1.54, 1.807) is 19.1 Å². The minimum absolute atomic E-state index is 0.120. The molecule has 0 saturated heterocycles. The molecule has 0 aliphatic rings. The van der Waals surface area contributed by atoms with Crippen molar-refractivity contribution in [3.8, 4) is 11.5 Å². The number of hydrogen-bond donors (Lipinski definition) is 2. The molecular formula is C13H15O5P. The quantitative estimate of drug-likeness (QED) is 0.842. The number of fused-ring (bicyclic) bond motifs is 1. The average molecular weight is 282 g/mol. The van der Waals surface area contributed by atoms with Gasteiger partial charge >= 0.3 is 7.60 Å². The third-order valence-corrected chi connectivity index (χ3v) is 4.15. The summed E-state index contributed by atoms with van der Waals surface area (Å²) in [6.07, 6.45) is 0. The molecule has 0 heterocycles. The van der Waals surface area contributed by atoms with Crippen LogP contribution in [0.25, 0.3) is 10.8 Å². The van der Waals surface area contributed by atoms with Crippen LogP contribution < -0.4 is 14.8 Å². The maximum absolute atomic E-state index is 11.7. The van der Waals surface area contributed by atoms with Crippen molar-refractivity contribution in [2.75, 3.05) is 14.2 Å². The molecule has 19 heavy (non-hydrogen) atoms. The highest BCUT2D eigenvalue weighted by Gasteiger charge is 2.29. The average Bonchev–Trinajstić information content (AvgIpc) is 2.35. The molecule has 2 aromatic carbocycles. The Morgan fingerprint density at radius 3 is 1.89 bits per heavy atom. The van der Waals surface area contributed by atoms with Crippen molar-refractivity contribution < 1.29 is 23.8 Å². The fourth-order valence-electron chi connectivity index (χ4n) is 2.31. The van der Waals surface area contributed by atoms with Crippen LogP contribution in [0.5, 0.6) is 11.5 Å². The van der Waals surface area contributed by atoms with Gasteiger partial charge in [-0.3, -0.25) is 4.57 Å². The van der Waals surface area contributed by atoms with Crippen molar-refractivity contribution in [1.82, 2.24) is 0 Å². The number of methoxy groups -OCH3 is 2. The molecular weight excluding hydrogens is 267 g/mol. The Morgan fingerprint density at radius 2 is 1.47 bits per heavy atom. The lowest BCUT2D eigenvalue weighted by molar-refractivity contribution is 0.379. The van der Waals surface area contributed by atoms with E-state index in [4.69, 9.17) is 9.47 Å². The zero-order valence-electron chi connectivity index (χ0n) is 10.9. The Kier molecular flexibility index (Phi) is 3.54. The van der Waals surface area contributed by atoms with Crippen molar-refractivity contribution in [2.45, 2.75) is 6.92 Å². The van der Waals surface area contributed by atoms with Crippen LogP contribution in [0.15, 0.2) is 24.3 Å². The van der Waals surface area contributed by atoms with E-state index in [1.807, 2.05) is 12.1 Å². The van der Waals surface area contributed by atoms with Gasteiger partial charge in [0.2, 0.25) is 0 Å². The number of rotatable bonds is 3. The van der Waals surface area contributed by atoms with Gasteiger partial charge in [-0.1, -0.05) is 24.3 Å². The van der Waals surface area contributed by atoms with E-state index in [1.165, 1.54) is 14.2 Å². The van der Waals surface area contributed by atoms with Crippen LogP contribution in [0, 0.1) is 6.92 Å². The van der Waals surface area contributed by atoms with Crippen LogP contribution in [-0.4, -0.2) is 24.0 Å². The van der Waals surface area contributed by atoms with Gasteiger partial charge in [0.15, 0.2) is 0 Å². The lowest BCUT2D eigenvalue weighted by atomic mass is 10.0. The van der Waals surface area contributed by atoms with Crippen molar-refractivity contribution in [2.24, 2.45) is 0 Å². The molecule has 0 atom stereocenters. The van der Waals surface area contributed by atoms with Gasteiger partial charge in [-0.25, -0.2) is 0 Å². The van der Waals surface area contributed by atoms with Crippen LogP contribution in [0.2, 0.25) is 0 Å². The Bertz CT molecular complexity index is 674. The van der Waals surface area contributed by atoms with E-state index in [9.17, 15) is 14.4 Å². The normalized spacial score (nSPS) is 11.6. The third-order valence-electron chi connectivity index (χ3n) is 3.03. The molecule has 2 N–H and O–H groups in total. The van der Waals surface area contributed by atoms with Gasteiger partial charge in [-0.05, 0) is 6.92 Å². The number of ether oxygens (including phenoxy) is 2. The first kappa shape index (κ1) is 13.9. The summed E-state index contributed by atoms with van der Waals surface area (Å²) in [5.74, 6) is 0.650. The summed E-state index contributed by atoms with van der Waals surface area (Å²) in [6.45, 7) is 1.61. The van der Waals surface area contributed by atoms with Crippen molar-refractivity contribution in [3.63, 3.8) is 0 Å². The van der Waals surface area contributed by atoms with Crippen LogP contribution >= 0.6 is 7.60 Å². The lowest BCUT2D eigenvalue weighted by Crippen LogP contribution is -2.14. The standard InChI is InChI=1S/C13H15O5P/c1-8-11(17-2)9-6-4-5-7-10(9)12(18-3)13(8)19(14,15)16/h4-7H,1-3H3,(H2,14,15,16). The molecule has 0 aliphatic heterocycles. The minimum atomic E-state index is -4.46. The Hall–Kier alpha value is -1.55. The molecule has 2 aromatic rings. The smallest absolute Gasteiger partial charge is 0.360 e. The van der Waals surface area contributed by atoms with E-state index >= 15 is 0 Å². The minimum Gasteiger partial charge on any atom is -0.496 e. The highest BCUT2D eigenvalue weighted by Crippen LogP contribution is 2.45. The summed E-state index contributed by atoms with van der Waals surface area (Å²) in [5, 5.41) is 1.26. The first-order valence-corrected chi connectivity index (χ1v) is 7.22. The lowest BCUT2D eigenvalue weighted by Gasteiger charge is -2.19. The maximum atomic E-state index is 11.7. The van der Waals surface area contributed by atoms with Crippen LogP contribution in [0.3, 0.4) is 0 Å². The van der Waals surface area contributed by atoms with E-state index in [-0.39, 0.29) is 11.1 Å². The molecule has 0 fully saturated rings. The van der Waals surface area contributed by atoms with E-state index in [0.717, 1.165) is 5.39 Å². The predicted octanol–water partition coefficient (Wildman–Crippen LogP) is 1.97.